The third kappa shape index (κ3) is 1.92. The monoisotopic (exact) mass is 290 g/mol. The number of aliphatic hydroxyl groups is 1. The van der Waals surface area contributed by atoms with Crippen LogP contribution in [0.2, 0.25) is 0 Å². The molecular weight excluding hydrogens is 272 g/mol. The second-order valence-electron chi connectivity index (χ2n) is 5.65. The summed E-state index contributed by atoms with van der Waals surface area (Å²) >= 11 is 1.79. The zero-order chi connectivity index (χ0) is 13.5. The molecule has 20 heavy (non-hydrogen) atoms. The molecule has 1 N–H and O–H groups in total. The van der Waals surface area contributed by atoms with E-state index in [1.165, 1.54) is 16.1 Å². The Morgan fingerprint density at radius 2 is 2.30 bits per heavy atom. The van der Waals surface area contributed by atoms with Gasteiger partial charge in [0, 0.05) is 23.7 Å². The smallest absolute Gasteiger partial charge is 0.0957 e. The average molecular weight is 290 g/mol. The van der Waals surface area contributed by atoms with Crippen LogP contribution in [0.25, 0.3) is 11.3 Å². The Hall–Kier alpha value is -1.17. The van der Waals surface area contributed by atoms with Crippen molar-refractivity contribution in [1.29, 1.82) is 0 Å². The quantitative estimate of drug-likeness (QED) is 0.945. The molecule has 1 saturated heterocycles. The molecule has 0 amide bonds. The van der Waals surface area contributed by atoms with E-state index in [2.05, 4.69) is 21.0 Å². The first-order valence-electron chi connectivity index (χ1n) is 7.20. The molecule has 2 atom stereocenters. The lowest BCUT2D eigenvalue weighted by atomic mass is 9.89. The maximum Gasteiger partial charge on any atom is 0.0957 e. The van der Waals surface area contributed by atoms with Gasteiger partial charge in [-0.1, -0.05) is 0 Å². The number of nitrogens with zero attached hydrogens (tertiary/aromatic N) is 2. The van der Waals surface area contributed by atoms with Gasteiger partial charge in [-0.25, -0.2) is 4.98 Å². The highest BCUT2D eigenvalue weighted by Crippen LogP contribution is 2.45. The van der Waals surface area contributed by atoms with Gasteiger partial charge >= 0.3 is 0 Å². The minimum Gasteiger partial charge on any atom is -0.393 e. The average Bonchev–Trinajstić information content (AvgIpc) is 3.16. The van der Waals surface area contributed by atoms with Gasteiger partial charge in [0.25, 0.3) is 0 Å². The predicted octanol–water partition coefficient (Wildman–Crippen LogP) is 2.69. The Morgan fingerprint density at radius 3 is 3.15 bits per heavy atom. The summed E-state index contributed by atoms with van der Waals surface area (Å²) in [4.78, 5) is 5.63. The number of hydrogen-bond acceptors (Lipinski definition) is 4. The molecule has 4 nitrogen and oxygen atoms in total. The molecule has 4 rings (SSSR count). The predicted molar refractivity (Wildman–Crippen MR) is 77.8 cm³/mol. The number of imidazole rings is 1. The number of fused-ring (bicyclic) bond motifs is 3. The van der Waals surface area contributed by atoms with Crippen molar-refractivity contribution in [3.05, 3.63) is 28.8 Å². The Labute approximate surface area is 122 Å². The topological polar surface area (TPSA) is 47.3 Å². The number of rotatable bonds is 3. The van der Waals surface area contributed by atoms with E-state index in [1.807, 2.05) is 12.5 Å². The molecule has 106 valence electrons. The van der Waals surface area contributed by atoms with Crippen LogP contribution in [-0.2, 0) is 4.74 Å². The number of aromatic nitrogens is 2. The zero-order valence-corrected chi connectivity index (χ0v) is 12.1. The Bertz CT molecular complexity index is 560. The van der Waals surface area contributed by atoms with Crippen molar-refractivity contribution in [2.45, 2.75) is 31.4 Å². The van der Waals surface area contributed by atoms with Crippen LogP contribution in [0.5, 0.6) is 0 Å². The molecule has 4 heterocycles. The van der Waals surface area contributed by atoms with Crippen LogP contribution >= 0.6 is 11.3 Å². The molecule has 2 aliphatic rings. The van der Waals surface area contributed by atoms with Crippen LogP contribution in [0.1, 0.15) is 30.2 Å². The standard InChI is InChI=1S/C15H18N2O2S/c18-14(10-1-4-19-5-2-10)7-12-15-11(3-6-20-15)13-8-16-9-17(12)13/h3,6,8-10,12,14,18H,1-2,4-5,7H2/t12-,14-/m0/s1. The second-order valence-corrected chi connectivity index (χ2v) is 6.60. The first-order chi connectivity index (χ1) is 9.84. The molecule has 0 radical (unpaired) electrons. The largest absolute Gasteiger partial charge is 0.393 e. The van der Waals surface area contributed by atoms with Crippen molar-refractivity contribution in [2.24, 2.45) is 5.92 Å². The van der Waals surface area contributed by atoms with E-state index in [1.54, 1.807) is 11.3 Å². The van der Waals surface area contributed by atoms with Gasteiger partial charge in [0.1, 0.15) is 0 Å². The number of thiophene rings is 1. The molecule has 2 aromatic rings. The molecular formula is C15H18N2O2S. The highest BCUT2D eigenvalue weighted by atomic mass is 32.1. The maximum atomic E-state index is 10.6. The van der Waals surface area contributed by atoms with Crippen molar-refractivity contribution < 1.29 is 9.84 Å². The van der Waals surface area contributed by atoms with Crippen LogP contribution in [0.15, 0.2) is 24.0 Å². The van der Waals surface area contributed by atoms with Crippen LogP contribution in [0, 0.1) is 5.92 Å². The Balaban J connectivity index is 1.57. The van der Waals surface area contributed by atoms with E-state index < -0.39 is 0 Å². The van der Waals surface area contributed by atoms with Gasteiger partial charge in [-0.05, 0) is 36.6 Å². The normalized spacial score (nSPS) is 23.6. The van der Waals surface area contributed by atoms with Gasteiger partial charge in [-0.15, -0.1) is 11.3 Å². The summed E-state index contributed by atoms with van der Waals surface area (Å²) in [6.07, 6.45) is 6.29. The van der Waals surface area contributed by atoms with E-state index in [4.69, 9.17) is 4.74 Å². The van der Waals surface area contributed by atoms with Gasteiger partial charge in [0.05, 0.1) is 30.4 Å². The van der Waals surface area contributed by atoms with Gasteiger partial charge in [0.15, 0.2) is 0 Å². The Kier molecular flexibility index (Phi) is 3.13. The van der Waals surface area contributed by atoms with Crippen molar-refractivity contribution in [3.8, 4) is 11.3 Å². The third-order valence-electron chi connectivity index (χ3n) is 4.55. The lowest BCUT2D eigenvalue weighted by Gasteiger charge is -2.28. The number of ether oxygens (including phenoxy) is 1. The van der Waals surface area contributed by atoms with Crippen molar-refractivity contribution in [3.63, 3.8) is 0 Å². The molecule has 5 heteroatoms. The molecule has 0 spiro atoms. The Morgan fingerprint density at radius 1 is 1.45 bits per heavy atom. The SMILES string of the molecule is O[C@@H](C[C@H]1c2sccc2-c2cncn21)C1CCOCC1. The highest BCUT2D eigenvalue weighted by Gasteiger charge is 2.33. The molecule has 0 unspecified atom stereocenters. The first kappa shape index (κ1) is 12.6. The first-order valence-corrected chi connectivity index (χ1v) is 8.08. The summed E-state index contributed by atoms with van der Waals surface area (Å²) in [6.45, 7) is 1.57. The van der Waals surface area contributed by atoms with Crippen molar-refractivity contribution in [1.82, 2.24) is 9.55 Å². The summed E-state index contributed by atoms with van der Waals surface area (Å²) in [5, 5.41) is 12.7. The number of aliphatic hydroxyl groups excluding tert-OH is 1. The summed E-state index contributed by atoms with van der Waals surface area (Å²) < 4.78 is 7.60. The van der Waals surface area contributed by atoms with Crippen LogP contribution in [0.4, 0.5) is 0 Å². The van der Waals surface area contributed by atoms with Crippen LogP contribution in [-0.4, -0.2) is 34.0 Å². The minimum absolute atomic E-state index is 0.250. The molecule has 1 fully saturated rings. The molecule has 2 aromatic heterocycles. The van der Waals surface area contributed by atoms with E-state index in [9.17, 15) is 5.11 Å². The maximum absolute atomic E-state index is 10.6. The third-order valence-corrected chi connectivity index (χ3v) is 5.57. The fourth-order valence-corrected chi connectivity index (χ4v) is 4.44. The van der Waals surface area contributed by atoms with Gasteiger partial charge in [-0.2, -0.15) is 0 Å². The van der Waals surface area contributed by atoms with Gasteiger partial charge in [-0.3, -0.25) is 0 Å². The fourth-order valence-electron chi connectivity index (χ4n) is 3.42. The van der Waals surface area contributed by atoms with Gasteiger partial charge < -0.3 is 14.4 Å². The van der Waals surface area contributed by atoms with E-state index in [-0.39, 0.29) is 12.1 Å². The second kappa shape index (κ2) is 4.98. The highest BCUT2D eigenvalue weighted by molar-refractivity contribution is 7.10. The lowest BCUT2D eigenvalue weighted by Crippen LogP contribution is -2.29. The molecule has 0 aliphatic carbocycles. The zero-order valence-electron chi connectivity index (χ0n) is 11.2. The number of hydrogen-bond donors (Lipinski definition) is 1. The summed E-state index contributed by atoms with van der Waals surface area (Å²) in [6, 6.07) is 2.41. The molecule has 2 aliphatic heterocycles. The summed E-state index contributed by atoms with van der Waals surface area (Å²) in [5.41, 5.74) is 2.47. The lowest BCUT2D eigenvalue weighted by molar-refractivity contribution is 0.00163. The van der Waals surface area contributed by atoms with Crippen LogP contribution < -0.4 is 0 Å². The summed E-state index contributed by atoms with van der Waals surface area (Å²) in [7, 11) is 0. The van der Waals surface area contributed by atoms with Crippen molar-refractivity contribution >= 4 is 11.3 Å². The van der Waals surface area contributed by atoms with E-state index in [0.29, 0.717) is 5.92 Å². The minimum atomic E-state index is -0.257. The fraction of sp³-hybridized carbons (Fsp3) is 0.533. The molecule has 0 bridgehead atoms. The van der Waals surface area contributed by atoms with E-state index in [0.717, 1.165) is 32.5 Å². The molecule has 0 aromatic carbocycles. The molecule has 0 saturated carbocycles. The summed E-state index contributed by atoms with van der Waals surface area (Å²) in [5.74, 6) is 0.375. The van der Waals surface area contributed by atoms with Crippen molar-refractivity contribution in [2.75, 3.05) is 13.2 Å². The van der Waals surface area contributed by atoms with E-state index >= 15 is 0 Å². The van der Waals surface area contributed by atoms with Gasteiger partial charge in [0.2, 0.25) is 0 Å². The van der Waals surface area contributed by atoms with Crippen LogP contribution in [0.3, 0.4) is 0 Å².